The smallest absolute Gasteiger partial charge is 0.343 e. The SMILES string of the molecule is CCC(C)(CC1CO1)OC(=O)c1cccc(C(=O)Oc2ccc(C(C)(C)c3cccc(C(C)(C)c4ccc(OC(=O)c5cccc(C(=O)OCC6CO6)c5)cc4)c3)cc2)c1. The van der Waals surface area contributed by atoms with Crippen molar-refractivity contribution >= 4 is 23.9 Å². The van der Waals surface area contributed by atoms with Gasteiger partial charge in [-0.25, -0.2) is 19.2 Å². The quantitative estimate of drug-likeness (QED) is 0.0540. The van der Waals surface area contributed by atoms with Crippen LogP contribution in [0.5, 0.6) is 11.5 Å². The van der Waals surface area contributed by atoms with Crippen molar-refractivity contribution in [1.82, 2.24) is 0 Å². The molecule has 310 valence electrons. The molecule has 0 amide bonds. The number of epoxide rings is 2. The van der Waals surface area contributed by atoms with E-state index in [0.29, 0.717) is 37.6 Å². The predicted molar refractivity (Wildman–Crippen MR) is 225 cm³/mol. The van der Waals surface area contributed by atoms with Crippen molar-refractivity contribution in [2.24, 2.45) is 0 Å². The number of rotatable bonds is 16. The number of benzene rings is 5. The molecule has 10 heteroatoms. The third-order valence-corrected chi connectivity index (χ3v) is 11.5. The van der Waals surface area contributed by atoms with Gasteiger partial charge in [0.25, 0.3) is 0 Å². The molecule has 2 fully saturated rings. The molecular weight excluding hydrogens is 761 g/mol. The standard InChI is InChI=1S/C50H50O10/c1-7-50(6,28-42-29-55-42)60-47(54)35-14-9-13-34(26-35)46(53)59-41-23-19-37(20-24-41)49(4,5)39-16-10-15-38(27-39)48(2,3)36-17-21-40(22-18-36)58-45(52)33-12-8-11-32(25-33)44(51)57-31-43-30-56-43/h8-27,42-43H,7,28-31H2,1-6H3. The zero-order chi connectivity index (χ0) is 42.7. The second-order valence-corrected chi connectivity index (χ2v) is 16.7. The van der Waals surface area contributed by atoms with Crippen molar-refractivity contribution in [2.75, 3.05) is 19.8 Å². The summed E-state index contributed by atoms with van der Waals surface area (Å²) in [5.74, 6) is -1.41. The molecular formula is C50H50O10. The van der Waals surface area contributed by atoms with Crippen LogP contribution in [-0.4, -0.2) is 61.5 Å². The van der Waals surface area contributed by atoms with Gasteiger partial charge in [-0.15, -0.1) is 0 Å². The summed E-state index contributed by atoms with van der Waals surface area (Å²) in [5, 5.41) is 0. The monoisotopic (exact) mass is 810 g/mol. The average molecular weight is 811 g/mol. The van der Waals surface area contributed by atoms with Crippen LogP contribution in [0.2, 0.25) is 0 Å². The van der Waals surface area contributed by atoms with Gasteiger partial charge in [-0.1, -0.05) is 95.3 Å². The third-order valence-electron chi connectivity index (χ3n) is 11.5. The molecule has 0 aliphatic carbocycles. The molecule has 10 nitrogen and oxygen atoms in total. The zero-order valence-corrected chi connectivity index (χ0v) is 34.8. The molecule has 0 aromatic heterocycles. The molecule has 0 spiro atoms. The highest BCUT2D eigenvalue weighted by atomic mass is 16.6. The minimum absolute atomic E-state index is 0.0497. The highest BCUT2D eigenvalue weighted by Gasteiger charge is 2.37. The minimum atomic E-state index is -0.656. The van der Waals surface area contributed by atoms with E-state index in [1.165, 1.54) is 12.1 Å². The lowest BCUT2D eigenvalue weighted by atomic mass is 9.73. The number of hydrogen-bond acceptors (Lipinski definition) is 10. The maximum Gasteiger partial charge on any atom is 0.343 e. The van der Waals surface area contributed by atoms with Crippen LogP contribution in [0.1, 0.15) is 118 Å². The van der Waals surface area contributed by atoms with Gasteiger partial charge in [-0.05, 0) is 96.3 Å². The molecule has 2 aliphatic rings. The zero-order valence-electron chi connectivity index (χ0n) is 34.8. The molecule has 2 aliphatic heterocycles. The van der Waals surface area contributed by atoms with Gasteiger partial charge in [0.2, 0.25) is 0 Å². The fourth-order valence-corrected chi connectivity index (χ4v) is 7.01. The van der Waals surface area contributed by atoms with E-state index < -0.39 is 40.3 Å². The fourth-order valence-electron chi connectivity index (χ4n) is 7.01. The van der Waals surface area contributed by atoms with E-state index in [-0.39, 0.29) is 41.1 Å². The van der Waals surface area contributed by atoms with E-state index in [1.54, 1.807) is 60.7 Å². The van der Waals surface area contributed by atoms with Gasteiger partial charge in [0, 0.05) is 17.3 Å². The van der Waals surface area contributed by atoms with Crippen LogP contribution in [0.4, 0.5) is 0 Å². The van der Waals surface area contributed by atoms with E-state index >= 15 is 0 Å². The van der Waals surface area contributed by atoms with E-state index in [2.05, 4.69) is 52.0 Å². The van der Waals surface area contributed by atoms with Crippen molar-refractivity contribution in [2.45, 2.75) is 83.0 Å². The van der Waals surface area contributed by atoms with E-state index in [0.717, 1.165) is 22.3 Å². The maximum atomic E-state index is 13.2. The van der Waals surface area contributed by atoms with E-state index in [9.17, 15) is 19.2 Å². The Labute approximate surface area is 350 Å². The first-order chi connectivity index (χ1) is 28.6. The highest BCUT2D eigenvalue weighted by molar-refractivity contribution is 5.97. The molecule has 0 saturated carbocycles. The molecule has 5 aromatic rings. The molecule has 3 unspecified atom stereocenters. The Morgan fingerprint density at radius 3 is 1.38 bits per heavy atom. The lowest BCUT2D eigenvalue weighted by Crippen LogP contribution is -2.32. The first-order valence-corrected chi connectivity index (χ1v) is 20.2. The highest BCUT2D eigenvalue weighted by Crippen LogP contribution is 2.38. The second kappa shape index (κ2) is 17.2. The topological polar surface area (TPSA) is 130 Å². The summed E-state index contributed by atoms with van der Waals surface area (Å²) in [4.78, 5) is 51.7. The predicted octanol–water partition coefficient (Wildman–Crippen LogP) is 9.45. The Morgan fingerprint density at radius 1 is 0.533 bits per heavy atom. The first kappa shape index (κ1) is 42.0. The number of carbonyl (C=O) groups is 4. The average Bonchev–Trinajstić information content (AvgIpc) is 4.21. The third kappa shape index (κ3) is 10.0. The van der Waals surface area contributed by atoms with Gasteiger partial charge in [0.15, 0.2) is 0 Å². The fraction of sp³-hybridized carbons (Fsp3) is 0.320. The number of carbonyl (C=O) groups excluding carboxylic acids is 4. The summed E-state index contributed by atoms with van der Waals surface area (Å²) in [7, 11) is 0. The summed E-state index contributed by atoms with van der Waals surface area (Å²) < 4.78 is 32.9. The van der Waals surface area contributed by atoms with Gasteiger partial charge < -0.3 is 28.4 Å². The summed E-state index contributed by atoms with van der Waals surface area (Å²) in [5.41, 5.74) is 3.82. The molecule has 2 heterocycles. The van der Waals surface area contributed by atoms with Crippen molar-refractivity contribution in [3.8, 4) is 11.5 Å². The van der Waals surface area contributed by atoms with Crippen LogP contribution in [0.25, 0.3) is 0 Å². The van der Waals surface area contributed by atoms with Gasteiger partial charge in [0.05, 0.1) is 41.6 Å². The summed E-state index contributed by atoms with van der Waals surface area (Å²) in [6, 6.07) is 36.0. The van der Waals surface area contributed by atoms with Crippen molar-refractivity contribution < 1.29 is 47.6 Å². The lowest BCUT2D eigenvalue weighted by molar-refractivity contribution is -0.0183. The molecule has 0 radical (unpaired) electrons. The number of hydrogen-bond donors (Lipinski definition) is 0. The Hall–Kier alpha value is -6.10. The first-order valence-electron chi connectivity index (χ1n) is 20.2. The van der Waals surface area contributed by atoms with Crippen LogP contribution in [0.15, 0.2) is 121 Å². The van der Waals surface area contributed by atoms with Gasteiger partial charge in [-0.3, -0.25) is 0 Å². The van der Waals surface area contributed by atoms with E-state index in [1.807, 2.05) is 38.1 Å². The number of esters is 4. The normalized spacial score (nSPS) is 16.8. The van der Waals surface area contributed by atoms with Gasteiger partial charge in [0.1, 0.15) is 29.8 Å². The van der Waals surface area contributed by atoms with Crippen molar-refractivity contribution in [3.05, 3.63) is 166 Å². The Kier molecular flexibility index (Phi) is 12.1. The molecule has 3 atom stereocenters. The van der Waals surface area contributed by atoms with Crippen LogP contribution in [0.3, 0.4) is 0 Å². The Balaban J connectivity index is 0.977. The summed E-state index contributed by atoms with van der Waals surface area (Å²) in [6.45, 7) is 13.9. The van der Waals surface area contributed by atoms with Crippen LogP contribution in [-0.2, 0) is 29.8 Å². The van der Waals surface area contributed by atoms with Crippen molar-refractivity contribution in [1.29, 1.82) is 0 Å². The second-order valence-electron chi connectivity index (χ2n) is 16.7. The number of ether oxygens (including phenoxy) is 6. The molecule has 0 N–H and O–H groups in total. The Morgan fingerprint density at radius 2 is 0.950 bits per heavy atom. The van der Waals surface area contributed by atoms with Gasteiger partial charge >= 0.3 is 23.9 Å². The van der Waals surface area contributed by atoms with Crippen LogP contribution in [0, 0.1) is 0 Å². The molecule has 2 saturated heterocycles. The lowest BCUT2D eigenvalue weighted by Gasteiger charge is -2.31. The summed E-state index contributed by atoms with van der Waals surface area (Å²) >= 11 is 0. The molecule has 60 heavy (non-hydrogen) atoms. The molecule has 7 rings (SSSR count). The maximum absolute atomic E-state index is 13.2. The Bertz CT molecular complexity index is 2370. The van der Waals surface area contributed by atoms with Gasteiger partial charge in [-0.2, -0.15) is 0 Å². The van der Waals surface area contributed by atoms with E-state index in [4.69, 9.17) is 28.4 Å². The van der Waals surface area contributed by atoms with Crippen LogP contribution >= 0.6 is 0 Å². The minimum Gasteiger partial charge on any atom is -0.459 e. The largest absolute Gasteiger partial charge is 0.459 e. The van der Waals surface area contributed by atoms with Crippen LogP contribution < -0.4 is 9.47 Å². The summed E-state index contributed by atoms with van der Waals surface area (Å²) in [6.07, 6.45) is 1.34. The molecule has 5 aromatic carbocycles. The van der Waals surface area contributed by atoms with Crippen molar-refractivity contribution in [3.63, 3.8) is 0 Å². The molecule has 0 bridgehead atoms.